The maximum atomic E-state index is 13.8. The van der Waals surface area contributed by atoms with Crippen molar-refractivity contribution in [1.29, 1.82) is 0 Å². The van der Waals surface area contributed by atoms with Crippen molar-refractivity contribution >= 4 is 23.9 Å². The van der Waals surface area contributed by atoms with Gasteiger partial charge in [-0.1, -0.05) is 119 Å². The van der Waals surface area contributed by atoms with Crippen LogP contribution in [0.2, 0.25) is 0 Å². The maximum Gasteiger partial charge on any atom is 0.417 e. The molecule has 0 spiro atoms. The molecule has 0 aliphatic carbocycles. The molecular weight excluding hydrogens is 520 g/mol. The number of unbranched alkanes of at least 4 members (excludes halogenated alkanes) is 8. The Bertz CT molecular complexity index is 1110. The number of carbonyl (C=O) groups is 4. The molecule has 1 aliphatic rings. The molecule has 1 saturated heterocycles. The van der Waals surface area contributed by atoms with Gasteiger partial charge in [0.2, 0.25) is 5.91 Å². The minimum Gasteiger partial charge on any atom is -0.459 e. The van der Waals surface area contributed by atoms with E-state index in [0.29, 0.717) is 0 Å². The van der Waals surface area contributed by atoms with Crippen molar-refractivity contribution in [2.24, 2.45) is 0 Å². The van der Waals surface area contributed by atoms with E-state index in [2.05, 4.69) is 12.2 Å². The van der Waals surface area contributed by atoms with Crippen LogP contribution in [0.1, 0.15) is 89.2 Å². The molecule has 2 aromatic rings. The van der Waals surface area contributed by atoms with Gasteiger partial charge < -0.3 is 14.8 Å². The number of benzene rings is 2. The minimum atomic E-state index is -1.24. The van der Waals surface area contributed by atoms with Crippen LogP contribution in [0.3, 0.4) is 0 Å². The summed E-state index contributed by atoms with van der Waals surface area (Å²) in [6, 6.07) is 16.1. The van der Waals surface area contributed by atoms with Crippen LogP contribution in [0.15, 0.2) is 60.7 Å². The van der Waals surface area contributed by atoms with Gasteiger partial charge in [-0.3, -0.25) is 9.59 Å². The van der Waals surface area contributed by atoms with Crippen molar-refractivity contribution in [2.75, 3.05) is 0 Å². The highest BCUT2D eigenvalue weighted by Gasteiger charge is 2.50. The van der Waals surface area contributed by atoms with Crippen LogP contribution in [0.4, 0.5) is 4.79 Å². The van der Waals surface area contributed by atoms with E-state index in [-0.39, 0.29) is 25.4 Å². The van der Waals surface area contributed by atoms with Crippen molar-refractivity contribution in [3.05, 3.63) is 71.8 Å². The third-order valence-electron chi connectivity index (χ3n) is 7.33. The van der Waals surface area contributed by atoms with Crippen molar-refractivity contribution in [2.45, 2.75) is 109 Å². The first-order chi connectivity index (χ1) is 19.9. The largest absolute Gasteiger partial charge is 0.459 e. The fourth-order valence-corrected chi connectivity index (χ4v) is 5.02. The summed E-state index contributed by atoms with van der Waals surface area (Å²) >= 11 is 0. The predicted molar refractivity (Wildman–Crippen MR) is 157 cm³/mol. The van der Waals surface area contributed by atoms with E-state index in [1.165, 1.54) is 32.1 Å². The van der Waals surface area contributed by atoms with Crippen molar-refractivity contribution < 1.29 is 28.7 Å². The SMILES string of the molecule is CCCCCCCCCCCC(=O)N[C@H](Cc1ccccc1)C(=O)N1C(=O)O[C@@H](C)[C@@H]1C(=O)OCc1ccccc1. The molecule has 1 heterocycles. The first kappa shape index (κ1) is 31.8. The van der Waals surface area contributed by atoms with Crippen LogP contribution in [-0.4, -0.2) is 47.0 Å². The van der Waals surface area contributed by atoms with E-state index < -0.39 is 36.2 Å². The number of hydrogen-bond acceptors (Lipinski definition) is 6. The zero-order chi connectivity index (χ0) is 29.5. The Labute approximate surface area is 243 Å². The van der Waals surface area contributed by atoms with Crippen LogP contribution >= 0.6 is 0 Å². The number of carbonyl (C=O) groups excluding carboxylic acids is 4. The lowest BCUT2D eigenvalue weighted by Gasteiger charge is -2.25. The molecule has 0 unspecified atom stereocenters. The smallest absolute Gasteiger partial charge is 0.417 e. The summed E-state index contributed by atoms with van der Waals surface area (Å²) in [6.45, 7) is 3.76. The molecule has 2 aromatic carbocycles. The number of esters is 1. The molecule has 0 aromatic heterocycles. The van der Waals surface area contributed by atoms with E-state index in [0.717, 1.165) is 41.7 Å². The number of cyclic esters (lactones) is 1. The fraction of sp³-hybridized carbons (Fsp3) is 0.515. The van der Waals surface area contributed by atoms with E-state index >= 15 is 0 Å². The Morgan fingerprint density at radius 3 is 2.02 bits per heavy atom. The fourth-order valence-electron chi connectivity index (χ4n) is 5.02. The van der Waals surface area contributed by atoms with Crippen LogP contribution in [0.25, 0.3) is 0 Å². The van der Waals surface area contributed by atoms with Gasteiger partial charge in [-0.25, -0.2) is 14.5 Å². The second-order valence-electron chi connectivity index (χ2n) is 10.7. The lowest BCUT2D eigenvalue weighted by atomic mass is 10.0. The summed E-state index contributed by atoms with van der Waals surface area (Å²) in [6.07, 6.45) is 8.86. The summed E-state index contributed by atoms with van der Waals surface area (Å²) < 4.78 is 10.7. The molecule has 0 radical (unpaired) electrons. The number of imide groups is 1. The van der Waals surface area contributed by atoms with Crippen molar-refractivity contribution in [3.63, 3.8) is 0 Å². The second-order valence-corrected chi connectivity index (χ2v) is 10.7. The van der Waals surface area contributed by atoms with Gasteiger partial charge >= 0.3 is 12.1 Å². The monoisotopic (exact) mass is 564 g/mol. The molecule has 3 amide bonds. The van der Waals surface area contributed by atoms with E-state index in [9.17, 15) is 19.2 Å². The van der Waals surface area contributed by atoms with E-state index in [1.807, 2.05) is 60.7 Å². The molecule has 0 saturated carbocycles. The molecule has 1 aliphatic heterocycles. The molecule has 0 bridgehead atoms. The first-order valence-corrected chi connectivity index (χ1v) is 15.0. The molecular formula is C33H44N2O6. The highest BCUT2D eigenvalue weighted by molar-refractivity contribution is 6.02. The molecule has 41 heavy (non-hydrogen) atoms. The van der Waals surface area contributed by atoms with Crippen molar-refractivity contribution in [1.82, 2.24) is 10.2 Å². The molecule has 3 rings (SSSR count). The summed E-state index contributed by atoms with van der Waals surface area (Å²) in [5, 5.41) is 2.83. The van der Waals surface area contributed by atoms with Crippen molar-refractivity contribution in [3.8, 4) is 0 Å². The van der Waals surface area contributed by atoms with Gasteiger partial charge in [-0.2, -0.15) is 0 Å². The standard InChI is InChI=1S/C33H44N2O6/c1-3-4-5-6-7-8-9-10-17-22-29(36)34-28(23-26-18-13-11-14-19-26)31(37)35-30(25(2)41-33(35)39)32(38)40-24-27-20-15-12-16-21-27/h11-16,18-21,25,28,30H,3-10,17,22-24H2,1-2H3,(H,34,36)/t25-,28+,30+/m0/s1. The van der Waals surface area contributed by atoms with Gasteiger partial charge in [0.05, 0.1) is 0 Å². The number of ether oxygens (including phenoxy) is 2. The van der Waals surface area contributed by atoms with Gasteiger partial charge in [0.25, 0.3) is 5.91 Å². The quantitative estimate of drug-likeness (QED) is 0.184. The Kier molecular flexibility index (Phi) is 13.4. The average molecular weight is 565 g/mol. The zero-order valence-corrected chi connectivity index (χ0v) is 24.4. The summed E-state index contributed by atoms with van der Waals surface area (Å²) in [7, 11) is 0. The van der Waals surface area contributed by atoms with Gasteiger partial charge in [0.15, 0.2) is 6.04 Å². The Morgan fingerprint density at radius 1 is 0.854 bits per heavy atom. The van der Waals surface area contributed by atoms with Crippen LogP contribution in [-0.2, 0) is 36.9 Å². The lowest BCUT2D eigenvalue weighted by molar-refractivity contribution is -0.154. The normalized spacial score (nSPS) is 17.1. The summed E-state index contributed by atoms with van der Waals surface area (Å²) in [5.41, 5.74) is 1.60. The number of nitrogens with one attached hydrogen (secondary N) is 1. The number of rotatable bonds is 17. The lowest BCUT2D eigenvalue weighted by Crippen LogP contribution is -2.55. The molecule has 3 atom stereocenters. The average Bonchev–Trinajstić information content (AvgIpc) is 3.28. The van der Waals surface area contributed by atoms with E-state index in [4.69, 9.17) is 9.47 Å². The third kappa shape index (κ3) is 10.3. The van der Waals surface area contributed by atoms with E-state index in [1.54, 1.807) is 6.92 Å². The van der Waals surface area contributed by atoms with Gasteiger partial charge in [0, 0.05) is 12.8 Å². The topological polar surface area (TPSA) is 102 Å². The Hall–Kier alpha value is -3.68. The van der Waals surface area contributed by atoms with Crippen LogP contribution in [0, 0.1) is 0 Å². The molecule has 8 nitrogen and oxygen atoms in total. The highest BCUT2D eigenvalue weighted by Crippen LogP contribution is 2.23. The molecule has 8 heteroatoms. The maximum absolute atomic E-state index is 13.8. The number of amides is 3. The number of hydrogen-bond donors (Lipinski definition) is 1. The Morgan fingerprint density at radius 2 is 1.41 bits per heavy atom. The molecule has 1 N–H and O–H groups in total. The molecule has 222 valence electrons. The minimum absolute atomic E-state index is 0.00202. The van der Waals surface area contributed by atoms with Crippen LogP contribution in [0.5, 0.6) is 0 Å². The molecule has 1 fully saturated rings. The zero-order valence-electron chi connectivity index (χ0n) is 24.4. The predicted octanol–water partition coefficient (Wildman–Crippen LogP) is 6.11. The van der Waals surface area contributed by atoms with Crippen LogP contribution < -0.4 is 5.32 Å². The number of nitrogens with zero attached hydrogens (tertiary/aromatic N) is 1. The second kappa shape index (κ2) is 17.2. The van der Waals surface area contributed by atoms with Gasteiger partial charge in [-0.05, 0) is 24.5 Å². The highest BCUT2D eigenvalue weighted by atomic mass is 16.6. The summed E-state index contributed by atoms with van der Waals surface area (Å²) in [5.74, 6) is -1.68. The Balaban J connectivity index is 1.61. The first-order valence-electron chi connectivity index (χ1n) is 15.0. The van der Waals surface area contributed by atoms with Gasteiger partial charge in [-0.15, -0.1) is 0 Å². The summed E-state index contributed by atoms with van der Waals surface area (Å²) in [4.78, 5) is 53.3. The van der Waals surface area contributed by atoms with Gasteiger partial charge in [0.1, 0.15) is 18.8 Å². The third-order valence-corrected chi connectivity index (χ3v) is 7.33.